The largest absolute Gasteiger partial charge is 0.294 e. The first-order valence-electron chi connectivity index (χ1n) is 8.34. The normalized spacial score (nSPS) is 38.7. The second-order valence-electron chi connectivity index (χ2n) is 7.20. The zero-order valence-electron chi connectivity index (χ0n) is 12.1. The number of nitrogens with zero attached hydrogens (tertiary/aromatic N) is 1. The summed E-state index contributed by atoms with van der Waals surface area (Å²) in [6.07, 6.45) is 15.9. The van der Waals surface area contributed by atoms with Crippen molar-refractivity contribution in [2.24, 2.45) is 22.2 Å². The highest BCUT2D eigenvalue weighted by atomic mass is 14.8. The van der Waals surface area contributed by atoms with Crippen LogP contribution in [0.4, 0.5) is 0 Å². The summed E-state index contributed by atoms with van der Waals surface area (Å²) in [6.45, 7) is 3.68. The molecule has 2 aliphatic carbocycles. The number of hydrogen-bond acceptors (Lipinski definition) is 1. The van der Waals surface area contributed by atoms with Gasteiger partial charge in [-0.25, -0.2) is 0 Å². The van der Waals surface area contributed by atoms with Crippen molar-refractivity contribution in [1.29, 1.82) is 0 Å². The summed E-state index contributed by atoms with van der Waals surface area (Å²) < 4.78 is 0. The predicted octanol–water partition coefficient (Wildman–Crippen LogP) is 5.00. The van der Waals surface area contributed by atoms with Crippen molar-refractivity contribution in [3.05, 3.63) is 0 Å². The highest BCUT2D eigenvalue weighted by Gasteiger charge is 2.42. The molecule has 1 nitrogen and oxygen atoms in total. The van der Waals surface area contributed by atoms with E-state index in [1.54, 1.807) is 5.71 Å². The minimum atomic E-state index is 0.613. The number of aliphatic imine (C=N–C) groups is 1. The number of hydrogen-bond donors (Lipinski definition) is 0. The van der Waals surface area contributed by atoms with Gasteiger partial charge in [0.15, 0.2) is 0 Å². The molecule has 0 aromatic carbocycles. The second-order valence-corrected chi connectivity index (χ2v) is 7.20. The van der Waals surface area contributed by atoms with E-state index in [1.165, 1.54) is 70.6 Å². The molecule has 0 unspecified atom stereocenters. The summed E-state index contributed by atoms with van der Waals surface area (Å²) in [5.41, 5.74) is 2.28. The van der Waals surface area contributed by atoms with Crippen LogP contribution >= 0.6 is 0 Å². The predicted molar refractivity (Wildman–Crippen MR) is 78.2 cm³/mol. The highest BCUT2D eigenvalue weighted by molar-refractivity contribution is 5.90. The minimum absolute atomic E-state index is 0.613. The lowest BCUT2D eigenvalue weighted by Gasteiger charge is -2.46. The van der Waals surface area contributed by atoms with Crippen molar-refractivity contribution in [3.63, 3.8) is 0 Å². The first-order chi connectivity index (χ1) is 8.80. The Kier molecular flexibility index (Phi) is 3.77. The molecule has 0 N–H and O–H groups in total. The van der Waals surface area contributed by atoms with E-state index < -0.39 is 0 Å². The van der Waals surface area contributed by atoms with Gasteiger partial charge in [0.05, 0.1) is 0 Å². The molecule has 1 heterocycles. The first-order valence-corrected chi connectivity index (χ1v) is 8.34. The van der Waals surface area contributed by atoms with E-state index in [-0.39, 0.29) is 0 Å². The van der Waals surface area contributed by atoms with Gasteiger partial charge in [-0.05, 0) is 43.4 Å². The molecule has 0 aromatic rings. The smallest absolute Gasteiger partial charge is 0.0394 e. The Morgan fingerprint density at radius 2 is 1.61 bits per heavy atom. The Balaban J connectivity index is 1.79. The van der Waals surface area contributed by atoms with Crippen LogP contribution in [0.2, 0.25) is 0 Å². The van der Waals surface area contributed by atoms with Gasteiger partial charge in [-0.3, -0.25) is 4.99 Å². The molecular formula is C17H29N. The standard InChI is InChI=1S/C17H29N/c1-17-11-7-6-10-15(17)16(18-13-12-17)14-8-4-2-3-5-9-14/h14-15H,2-13H2,1H3/t15-,17+/m1/s1. The van der Waals surface area contributed by atoms with E-state index in [1.807, 2.05) is 0 Å². The molecular weight excluding hydrogens is 218 g/mol. The van der Waals surface area contributed by atoms with Crippen LogP contribution < -0.4 is 0 Å². The summed E-state index contributed by atoms with van der Waals surface area (Å²) in [5, 5.41) is 0. The Labute approximate surface area is 112 Å². The number of rotatable bonds is 1. The maximum atomic E-state index is 5.04. The summed E-state index contributed by atoms with van der Waals surface area (Å²) in [4.78, 5) is 5.04. The third-order valence-corrected chi connectivity index (χ3v) is 5.94. The first kappa shape index (κ1) is 12.7. The lowest BCUT2D eigenvalue weighted by molar-refractivity contribution is 0.141. The molecule has 2 atom stereocenters. The van der Waals surface area contributed by atoms with Gasteiger partial charge in [-0.1, -0.05) is 45.4 Å². The van der Waals surface area contributed by atoms with Crippen LogP contribution in [-0.4, -0.2) is 12.3 Å². The molecule has 0 bridgehead atoms. The summed E-state index contributed by atoms with van der Waals surface area (Å²) in [7, 11) is 0. The average Bonchev–Trinajstić information content (AvgIpc) is 2.66. The van der Waals surface area contributed by atoms with Gasteiger partial charge in [-0.2, -0.15) is 0 Å². The fourth-order valence-electron chi connectivity index (χ4n) is 4.74. The van der Waals surface area contributed by atoms with Crippen LogP contribution in [0.1, 0.15) is 77.6 Å². The molecule has 0 spiro atoms. The summed E-state index contributed by atoms with van der Waals surface area (Å²) in [5.74, 6) is 1.71. The lowest BCUT2D eigenvalue weighted by Crippen LogP contribution is -2.42. The van der Waals surface area contributed by atoms with E-state index in [4.69, 9.17) is 4.99 Å². The molecule has 3 rings (SSSR count). The van der Waals surface area contributed by atoms with Gasteiger partial charge >= 0.3 is 0 Å². The van der Waals surface area contributed by atoms with Crippen molar-refractivity contribution in [3.8, 4) is 0 Å². The molecule has 2 saturated carbocycles. The Morgan fingerprint density at radius 3 is 2.39 bits per heavy atom. The van der Waals surface area contributed by atoms with Gasteiger partial charge in [-0.15, -0.1) is 0 Å². The fraction of sp³-hybridized carbons (Fsp3) is 0.941. The molecule has 2 fully saturated rings. The average molecular weight is 247 g/mol. The van der Waals surface area contributed by atoms with Crippen LogP contribution in [-0.2, 0) is 0 Å². The summed E-state index contributed by atoms with van der Waals surface area (Å²) in [6, 6.07) is 0. The molecule has 0 radical (unpaired) electrons. The highest BCUT2D eigenvalue weighted by Crippen LogP contribution is 2.48. The van der Waals surface area contributed by atoms with Gasteiger partial charge in [0.25, 0.3) is 0 Å². The second kappa shape index (κ2) is 5.35. The van der Waals surface area contributed by atoms with Crippen LogP contribution in [0.15, 0.2) is 4.99 Å². The third kappa shape index (κ3) is 2.38. The molecule has 18 heavy (non-hydrogen) atoms. The van der Waals surface area contributed by atoms with Crippen LogP contribution in [0.5, 0.6) is 0 Å². The van der Waals surface area contributed by atoms with E-state index in [2.05, 4.69) is 6.92 Å². The van der Waals surface area contributed by atoms with Gasteiger partial charge in [0, 0.05) is 18.2 Å². The van der Waals surface area contributed by atoms with Gasteiger partial charge < -0.3 is 0 Å². The fourth-order valence-corrected chi connectivity index (χ4v) is 4.74. The number of fused-ring (bicyclic) bond motifs is 1. The van der Waals surface area contributed by atoms with Gasteiger partial charge in [0.2, 0.25) is 0 Å². The van der Waals surface area contributed by atoms with Crippen LogP contribution in [0.25, 0.3) is 0 Å². The Hall–Kier alpha value is -0.330. The Morgan fingerprint density at radius 1 is 0.889 bits per heavy atom. The van der Waals surface area contributed by atoms with E-state index in [0.717, 1.165) is 18.4 Å². The van der Waals surface area contributed by atoms with E-state index >= 15 is 0 Å². The lowest BCUT2D eigenvalue weighted by atomic mass is 9.60. The van der Waals surface area contributed by atoms with E-state index in [0.29, 0.717) is 5.41 Å². The molecule has 1 heteroatoms. The van der Waals surface area contributed by atoms with Crippen molar-refractivity contribution in [1.82, 2.24) is 0 Å². The zero-order valence-corrected chi connectivity index (χ0v) is 12.1. The topological polar surface area (TPSA) is 12.4 Å². The molecule has 3 aliphatic rings. The molecule has 1 aliphatic heterocycles. The minimum Gasteiger partial charge on any atom is -0.294 e. The van der Waals surface area contributed by atoms with Crippen LogP contribution in [0, 0.1) is 17.3 Å². The van der Waals surface area contributed by atoms with Crippen molar-refractivity contribution in [2.45, 2.75) is 77.6 Å². The van der Waals surface area contributed by atoms with Crippen molar-refractivity contribution < 1.29 is 0 Å². The molecule has 0 amide bonds. The molecule has 102 valence electrons. The quantitative estimate of drug-likeness (QED) is 0.578. The maximum absolute atomic E-state index is 5.04. The van der Waals surface area contributed by atoms with Gasteiger partial charge in [0.1, 0.15) is 0 Å². The molecule has 0 saturated heterocycles. The third-order valence-electron chi connectivity index (χ3n) is 5.94. The zero-order chi connectivity index (χ0) is 12.4. The van der Waals surface area contributed by atoms with E-state index in [9.17, 15) is 0 Å². The van der Waals surface area contributed by atoms with Crippen LogP contribution in [0.3, 0.4) is 0 Å². The monoisotopic (exact) mass is 247 g/mol. The summed E-state index contributed by atoms with van der Waals surface area (Å²) >= 11 is 0. The SMILES string of the molecule is C[C@@]12CCCC[C@@H]1C(C1CCCCCC1)=NCC2. The van der Waals surface area contributed by atoms with Crippen molar-refractivity contribution in [2.75, 3.05) is 6.54 Å². The Bertz CT molecular complexity index is 312. The maximum Gasteiger partial charge on any atom is 0.0394 e. The van der Waals surface area contributed by atoms with Crippen molar-refractivity contribution >= 4 is 5.71 Å². The molecule has 0 aromatic heterocycles.